The van der Waals surface area contributed by atoms with Crippen molar-refractivity contribution in [3.8, 4) is 0 Å². The maximum Gasteiger partial charge on any atom is 0.247 e. The molecule has 0 aromatic heterocycles. The molecule has 0 fully saturated rings. The first-order valence-corrected chi connectivity index (χ1v) is 8.00. The number of carbonyl (C=O) groups excluding carboxylic acids is 2. The summed E-state index contributed by atoms with van der Waals surface area (Å²) in [4.78, 5) is 26.6. The molecule has 0 aliphatic carbocycles. The van der Waals surface area contributed by atoms with Crippen LogP contribution in [0.25, 0.3) is 0 Å². The first-order chi connectivity index (χ1) is 11.6. The second kappa shape index (κ2) is 6.83. The molecule has 1 N–H and O–H groups in total. The van der Waals surface area contributed by atoms with Crippen molar-refractivity contribution in [2.45, 2.75) is 25.9 Å². The Morgan fingerprint density at radius 1 is 1.21 bits per heavy atom. The molecular weight excluding hydrogens is 307 g/mol. The van der Waals surface area contributed by atoms with Gasteiger partial charge in [-0.05, 0) is 24.1 Å². The van der Waals surface area contributed by atoms with Crippen LogP contribution in [0.5, 0.6) is 0 Å². The molecule has 0 saturated heterocycles. The summed E-state index contributed by atoms with van der Waals surface area (Å²) in [6, 6.07) is 13.1. The van der Waals surface area contributed by atoms with Gasteiger partial charge in [-0.2, -0.15) is 0 Å². The molecule has 0 radical (unpaired) electrons. The molecule has 0 unspecified atom stereocenters. The van der Waals surface area contributed by atoms with Gasteiger partial charge in [-0.15, -0.1) is 0 Å². The maximum absolute atomic E-state index is 13.7. The van der Waals surface area contributed by atoms with Crippen molar-refractivity contribution in [2.24, 2.45) is 0 Å². The summed E-state index contributed by atoms with van der Waals surface area (Å²) in [7, 11) is 0. The summed E-state index contributed by atoms with van der Waals surface area (Å²) in [5, 5.41) is 2.76. The van der Waals surface area contributed by atoms with Crippen molar-refractivity contribution in [1.82, 2.24) is 10.2 Å². The van der Waals surface area contributed by atoms with E-state index in [4.69, 9.17) is 0 Å². The van der Waals surface area contributed by atoms with Gasteiger partial charge in [-0.1, -0.05) is 42.5 Å². The lowest BCUT2D eigenvalue weighted by atomic mass is 9.91. The Morgan fingerprint density at radius 2 is 1.92 bits per heavy atom. The highest BCUT2D eigenvalue weighted by Crippen LogP contribution is 2.30. The Kier molecular flexibility index (Phi) is 4.60. The van der Waals surface area contributed by atoms with E-state index in [2.05, 4.69) is 5.32 Å². The predicted molar refractivity (Wildman–Crippen MR) is 88.5 cm³/mol. The van der Waals surface area contributed by atoms with E-state index < -0.39 is 6.04 Å². The lowest BCUT2D eigenvalue weighted by Crippen LogP contribution is -2.47. The monoisotopic (exact) mass is 326 g/mol. The van der Waals surface area contributed by atoms with E-state index in [0.717, 1.165) is 11.1 Å². The van der Waals surface area contributed by atoms with Crippen LogP contribution in [0.3, 0.4) is 0 Å². The normalized spacial score (nSPS) is 16.7. The molecule has 2 aromatic carbocycles. The van der Waals surface area contributed by atoms with E-state index in [1.54, 1.807) is 23.1 Å². The fourth-order valence-corrected chi connectivity index (χ4v) is 3.10. The lowest BCUT2D eigenvalue weighted by Gasteiger charge is -2.35. The fourth-order valence-electron chi connectivity index (χ4n) is 3.10. The minimum absolute atomic E-state index is 0.0674. The Labute approximate surface area is 140 Å². The third-order valence-corrected chi connectivity index (χ3v) is 4.32. The van der Waals surface area contributed by atoms with Crippen LogP contribution in [0.15, 0.2) is 48.5 Å². The molecule has 3 rings (SSSR count). The van der Waals surface area contributed by atoms with Crippen LogP contribution in [-0.4, -0.2) is 23.3 Å². The van der Waals surface area contributed by atoms with Gasteiger partial charge in [-0.25, -0.2) is 4.39 Å². The quantitative estimate of drug-likeness (QED) is 0.939. The summed E-state index contributed by atoms with van der Waals surface area (Å²) >= 11 is 0. The number of nitrogens with zero attached hydrogens (tertiary/aromatic N) is 1. The van der Waals surface area contributed by atoms with Crippen LogP contribution in [0.2, 0.25) is 0 Å². The molecule has 124 valence electrons. The number of hydrogen-bond acceptors (Lipinski definition) is 2. The topological polar surface area (TPSA) is 49.4 Å². The zero-order valence-corrected chi connectivity index (χ0v) is 13.5. The van der Waals surface area contributed by atoms with Crippen LogP contribution in [0.4, 0.5) is 4.39 Å². The predicted octanol–water partition coefficient (Wildman–Crippen LogP) is 2.59. The van der Waals surface area contributed by atoms with Gasteiger partial charge in [0.25, 0.3) is 0 Å². The molecule has 1 atom stereocenters. The number of fused-ring (bicyclic) bond motifs is 1. The number of rotatable bonds is 4. The van der Waals surface area contributed by atoms with Crippen LogP contribution >= 0.6 is 0 Å². The smallest absolute Gasteiger partial charge is 0.247 e. The van der Waals surface area contributed by atoms with E-state index in [1.807, 2.05) is 31.2 Å². The standard InChI is InChI=1S/C19H19FN2O2/c1-2-22-17(23)11-13-7-3-5-9-15(13)18(22)19(24)21-12-14-8-4-6-10-16(14)20/h3-10,18H,2,11-12H2,1H3,(H,21,24)/t18-/m0/s1. The van der Waals surface area contributed by atoms with Gasteiger partial charge in [0.05, 0.1) is 6.42 Å². The Bertz CT molecular complexity index is 775. The minimum Gasteiger partial charge on any atom is -0.350 e. The van der Waals surface area contributed by atoms with Crippen LogP contribution < -0.4 is 5.32 Å². The first-order valence-electron chi connectivity index (χ1n) is 8.00. The number of nitrogens with one attached hydrogen (secondary N) is 1. The lowest BCUT2D eigenvalue weighted by molar-refractivity contribution is -0.141. The number of benzene rings is 2. The molecule has 1 aliphatic heterocycles. The second-order valence-electron chi connectivity index (χ2n) is 5.77. The molecule has 2 aromatic rings. The molecular formula is C19H19FN2O2. The summed E-state index contributed by atoms with van der Waals surface area (Å²) in [6.07, 6.45) is 0.307. The summed E-state index contributed by atoms with van der Waals surface area (Å²) < 4.78 is 13.7. The van der Waals surface area contributed by atoms with E-state index in [9.17, 15) is 14.0 Å². The van der Waals surface area contributed by atoms with Gasteiger partial charge in [0.15, 0.2) is 0 Å². The highest BCUT2D eigenvalue weighted by molar-refractivity contribution is 5.92. The second-order valence-corrected chi connectivity index (χ2v) is 5.77. The van der Waals surface area contributed by atoms with Gasteiger partial charge in [0, 0.05) is 18.7 Å². The molecule has 24 heavy (non-hydrogen) atoms. The zero-order chi connectivity index (χ0) is 17.1. The van der Waals surface area contributed by atoms with Crippen LogP contribution in [0.1, 0.15) is 29.7 Å². The van der Waals surface area contributed by atoms with E-state index in [-0.39, 0.29) is 24.2 Å². The number of likely N-dealkylation sites (N-methyl/N-ethyl adjacent to an activating group) is 1. The molecule has 2 amide bonds. The van der Waals surface area contributed by atoms with Gasteiger partial charge in [0.2, 0.25) is 11.8 Å². The van der Waals surface area contributed by atoms with Crippen LogP contribution in [-0.2, 0) is 22.6 Å². The first kappa shape index (κ1) is 16.2. The summed E-state index contributed by atoms with van der Waals surface area (Å²) in [6.45, 7) is 2.39. The molecule has 1 heterocycles. The third kappa shape index (κ3) is 3.02. The van der Waals surface area contributed by atoms with Crippen molar-refractivity contribution in [1.29, 1.82) is 0 Å². The summed E-state index contributed by atoms with van der Waals surface area (Å²) in [5.41, 5.74) is 2.13. The van der Waals surface area contributed by atoms with E-state index in [1.165, 1.54) is 6.07 Å². The Balaban J connectivity index is 1.84. The Hall–Kier alpha value is -2.69. The number of hydrogen-bond donors (Lipinski definition) is 1. The Morgan fingerprint density at radius 3 is 2.67 bits per heavy atom. The van der Waals surface area contributed by atoms with E-state index in [0.29, 0.717) is 18.5 Å². The van der Waals surface area contributed by atoms with Crippen LogP contribution in [0, 0.1) is 5.82 Å². The van der Waals surface area contributed by atoms with E-state index >= 15 is 0 Å². The highest BCUT2D eigenvalue weighted by atomic mass is 19.1. The van der Waals surface area contributed by atoms with Crippen molar-refractivity contribution in [3.63, 3.8) is 0 Å². The number of amides is 2. The largest absolute Gasteiger partial charge is 0.350 e. The molecule has 0 bridgehead atoms. The average molecular weight is 326 g/mol. The van der Waals surface area contributed by atoms with Gasteiger partial charge < -0.3 is 10.2 Å². The average Bonchev–Trinajstić information content (AvgIpc) is 2.59. The van der Waals surface area contributed by atoms with Gasteiger partial charge in [0.1, 0.15) is 11.9 Å². The molecule has 0 saturated carbocycles. The third-order valence-electron chi connectivity index (χ3n) is 4.32. The molecule has 1 aliphatic rings. The summed E-state index contributed by atoms with van der Waals surface area (Å²) in [5.74, 6) is -0.715. The number of carbonyl (C=O) groups is 2. The molecule has 4 nitrogen and oxygen atoms in total. The number of halogens is 1. The zero-order valence-electron chi connectivity index (χ0n) is 13.5. The highest BCUT2D eigenvalue weighted by Gasteiger charge is 2.35. The van der Waals surface area contributed by atoms with Crippen molar-refractivity contribution in [3.05, 3.63) is 71.0 Å². The minimum atomic E-state index is -0.667. The molecule has 0 spiro atoms. The molecule has 5 heteroatoms. The van der Waals surface area contributed by atoms with Crippen molar-refractivity contribution < 1.29 is 14.0 Å². The van der Waals surface area contributed by atoms with Crippen molar-refractivity contribution in [2.75, 3.05) is 6.54 Å². The van der Waals surface area contributed by atoms with Gasteiger partial charge >= 0.3 is 0 Å². The van der Waals surface area contributed by atoms with Crippen molar-refractivity contribution >= 4 is 11.8 Å². The maximum atomic E-state index is 13.7. The fraction of sp³-hybridized carbons (Fsp3) is 0.263. The SMILES string of the molecule is CCN1C(=O)Cc2ccccc2[C@H]1C(=O)NCc1ccccc1F. The van der Waals surface area contributed by atoms with Gasteiger partial charge in [-0.3, -0.25) is 9.59 Å².